The largest absolute Gasteiger partial charge is 0.327 e. The fraction of sp³-hybridized carbons (Fsp3) is 0.800. The summed E-state index contributed by atoms with van der Waals surface area (Å²) < 4.78 is 0. The third-order valence-corrected chi connectivity index (χ3v) is 2.40. The van der Waals surface area contributed by atoms with Gasteiger partial charge in [0.1, 0.15) is 0 Å². The van der Waals surface area contributed by atoms with E-state index in [1.54, 1.807) is 11.9 Å². The maximum Gasteiger partial charge on any atom is 0.327 e. The summed E-state index contributed by atoms with van der Waals surface area (Å²) in [5.41, 5.74) is -0.116. The van der Waals surface area contributed by atoms with Gasteiger partial charge in [0, 0.05) is 19.6 Å². The Morgan fingerprint density at radius 2 is 1.80 bits per heavy atom. The van der Waals surface area contributed by atoms with E-state index in [2.05, 4.69) is 5.32 Å². The molecule has 1 unspecified atom stereocenters. The van der Waals surface area contributed by atoms with Gasteiger partial charge >= 0.3 is 6.03 Å². The molecule has 1 saturated heterocycles. The SMILES string of the molecule is CN1C(=O)CC(NC(C)(C)C)N(C)C1=O. The van der Waals surface area contributed by atoms with Gasteiger partial charge in [-0.25, -0.2) is 4.79 Å². The van der Waals surface area contributed by atoms with Crippen molar-refractivity contribution in [1.29, 1.82) is 0 Å². The molecule has 0 aromatic rings. The highest BCUT2D eigenvalue weighted by molar-refractivity contribution is 5.96. The number of carbonyl (C=O) groups is 2. The molecule has 0 aromatic carbocycles. The van der Waals surface area contributed by atoms with E-state index in [0.717, 1.165) is 4.90 Å². The Morgan fingerprint density at radius 1 is 1.27 bits per heavy atom. The van der Waals surface area contributed by atoms with E-state index in [9.17, 15) is 9.59 Å². The summed E-state index contributed by atoms with van der Waals surface area (Å²) in [6, 6.07) is -0.256. The maximum absolute atomic E-state index is 11.6. The molecular formula is C10H19N3O2. The molecule has 3 amide bonds. The molecule has 1 aliphatic rings. The highest BCUT2D eigenvalue weighted by Crippen LogP contribution is 2.15. The second kappa shape index (κ2) is 3.81. The van der Waals surface area contributed by atoms with Crippen molar-refractivity contribution >= 4 is 11.9 Å². The van der Waals surface area contributed by atoms with Gasteiger partial charge in [0.15, 0.2) is 0 Å². The van der Waals surface area contributed by atoms with E-state index in [1.807, 2.05) is 20.8 Å². The van der Waals surface area contributed by atoms with Crippen molar-refractivity contribution in [2.24, 2.45) is 0 Å². The average molecular weight is 213 g/mol. The lowest BCUT2D eigenvalue weighted by molar-refractivity contribution is -0.131. The second-order valence-corrected chi connectivity index (χ2v) is 4.96. The molecule has 1 rings (SSSR count). The number of amides is 3. The van der Waals surface area contributed by atoms with E-state index in [-0.39, 0.29) is 23.6 Å². The van der Waals surface area contributed by atoms with Crippen LogP contribution in [0.15, 0.2) is 0 Å². The number of nitrogens with zero attached hydrogens (tertiary/aromatic N) is 2. The van der Waals surface area contributed by atoms with Crippen molar-refractivity contribution < 1.29 is 9.59 Å². The van der Waals surface area contributed by atoms with Gasteiger partial charge in [0.2, 0.25) is 5.91 Å². The van der Waals surface area contributed by atoms with E-state index >= 15 is 0 Å². The smallest absolute Gasteiger partial charge is 0.311 e. The first-order valence-corrected chi connectivity index (χ1v) is 5.03. The molecule has 0 saturated carbocycles. The van der Waals surface area contributed by atoms with Gasteiger partial charge in [-0.2, -0.15) is 0 Å². The summed E-state index contributed by atoms with van der Waals surface area (Å²) in [7, 11) is 3.21. The lowest BCUT2D eigenvalue weighted by Crippen LogP contribution is -2.61. The van der Waals surface area contributed by atoms with Crippen molar-refractivity contribution in [3.8, 4) is 0 Å². The molecule has 5 nitrogen and oxygen atoms in total. The lowest BCUT2D eigenvalue weighted by Gasteiger charge is -2.40. The van der Waals surface area contributed by atoms with E-state index < -0.39 is 0 Å². The third-order valence-electron chi connectivity index (χ3n) is 2.40. The van der Waals surface area contributed by atoms with E-state index in [1.165, 1.54) is 7.05 Å². The van der Waals surface area contributed by atoms with Gasteiger partial charge in [-0.3, -0.25) is 15.0 Å². The molecule has 1 heterocycles. The van der Waals surface area contributed by atoms with Gasteiger partial charge in [0.25, 0.3) is 0 Å². The fourth-order valence-electron chi connectivity index (χ4n) is 1.56. The number of carbonyl (C=O) groups excluding carboxylic acids is 2. The Bertz CT molecular complexity index is 283. The van der Waals surface area contributed by atoms with Crippen LogP contribution in [-0.2, 0) is 4.79 Å². The summed E-state index contributed by atoms with van der Waals surface area (Å²) in [6.45, 7) is 6.02. The molecule has 5 heteroatoms. The van der Waals surface area contributed by atoms with Crippen LogP contribution in [0.4, 0.5) is 4.79 Å². The number of hydrogen-bond acceptors (Lipinski definition) is 3. The Hall–Kier alpha value is -1.10. The minimum atomic E-state index is -0.256. The predicted molar refractivity (Wildman–Crippen MR) is 57.2 cm³/mol. The standard InChI is InChI=1S/C10H19N3O2/c1-10(2,3)11-7-6-8(14)13(5)9(15)12(7)4/h7,11H,6H2,1-5H3. The van der Waals surface area contributed by atoms with E-state index in [4.69, 9.17) is 0 Å². The highest BCUT2D eigenvalue weighted by Gasteiger charge is 2.35. The number of hydrogen-bond donors (Lipinski definition) is 1. The third kappa shape index (κ3) is 2.68. The van der Waals surface area contributed by atoms with Crippen molar-refractivity contribution in [2.45, 2.75) is 38.9 Å². The Balaban J connectivity index is 2.75. The summed E-state index contributed by atoms with van der Waals surface area (Å²) in [5, 5.41) is 3.25. The van der Waals surface area contributed by atoms with Crippen molar-refractivity contribution in [1.82, 2.24) is 15.1 Å². The summed E-state index contributed by atoms with van der Waals surface area (Å²) in [5.74, 6) is -0.139. The number of nitrogens with one attached hydrogen (secondary N) is 1. The minimum absolute atomic E-state index is 0.116. The monoisotopic (exact) mass is 213 g/mol. The van der Waals surface area contributed by atoms with Crippen LogP contribution < -0.4 is 5.32 Å². The Labute approximate surface area is 90.4 Å². The number of urea groups is 1. The normalized spacial score (nSPS) is 23.7. The molecule has 0 bridgehead atoms. The van der Waals surface area contributed by atoms with Crippen LogP contribution in [0.3, 0.4) is 0 Å². The zero-order chi connectivity index (χ0) is 11.8. The van der Waals surface area contributed by atoms with Crippen LogP contribution in [0.25, 0.3) is 0 Å². The summed E-state index contributed by atoms with van der Waals surface area (Å²) >= 11 is 0. The zero-order valence-electron chi connectivity index (χ0n) is 10.00. The summed E-state index contributed by atoms with van der Waals surface area (Å²) in [6.07, 6.45) is 0.122. The van der Waals surface area contributed by atoms with Crippen molar-refractivity contribution in [3.63, 3.8) is 0 Å². The molecule has 0 spiro atoms. The highest BCUT2D eigenvalue weighted by atomic mass is 16.2. The van der Waals surface area contributed by atoms with E-state index in [0.29, 0.717) is 6.42 Å². The Kier molecular flexibility index (Phi) is 3.04. The van der Waals surface area contributed by atoms with Crippen LogP contribution in [0.5, 0.6) is 0 Å². The zero-order valence-corrected chi connectivity index (χ0v) is 10.00. The number of rotatable bonds is 1. The molecule has 1 atom stereocenters. The molecule has 0 radical (unpaired) electrons. The maximum atomic E-state index is 11.6. The molecule has 1 aliphatic heterocycles. The fourth-order valence-corrected chi connectivity index (χ4v) is 1.56. The molecule has 1 fully saturated rings. The molecule has 1 N–H and O–H groups in total. The first-order valence-electron chi connectivity index (χ1n) is 5.03. The number of imide groups is 1. The summed E-state index contributed by atoms with van der Waals surface area (Å²) in [4.78, 5) is 25.8. The van der Waals surface area contributed by atoms with Crippen molar-refractivity contribution in [2.75, 3.05) is 14.1 Å². The minimum Gasteiger partial charge on any atom is -0.311 e. The quantitative estimate of drug-likeness (QED) is 0.694. The lowest BCUT2D eigenvalue weighted by atomic mass is 10.1. The van der Waals surface area contributed by atoms with Crippen LogP contribution in [0.2, 0.25) is 0 Å². The van der Waals surface area contributed by atoms with Crippen LogP contribution in [0.1, 0.15) is 27.2 Å². The van der Waals surface area contributed by atoms with Crippen molar-refractivity contribution in [3.05, 3.63) is 0 Å². The molecular weight excluding hydrogens is 194 g/mol. The van der Waals surface area contributed by atoms with Crippen LogP contribution in [0, 0.1) is 0 Å². The van der Waals surface area contributed by atoms with Gasteiger partial charge in [-0.15, -0.1) is 0 Å². The van der Waals surface area contributed by atoms with Gasteiger partial charge in [0.05, 0.1) is 12.6 Å². The van der Waals surface area contributed by atoms with Crippen LogP contribution >= 0.6 is 0 Å². The predicted octanol–water partition coefficient (Wildman–Crippen LogP) is 0.615. The first kappa shape index (κ1) is 12.0. The molecule has 0 aromatic heterocycles. The first-order chi connectivity index (χ1) is 6.72. The van der Waals surface area contributed by atoms with Crippen LogP contribution in [-0.4, -0.2) is 47.5 Å². The van der Waals surface area contributed by atoms with Gasteiger partial charge in [-0.05, 0) is 20.8 Å². The van der Waals surface area contributed by atoms with Gasteiger partial charge < -0.3 is 4.90 Å². The van der Waals surface area contributed by atoms with Gasteiger partial charge in [-0.1, -0.05) is 0 Å². The molecule has 0 aliphatic carbocycles. The Morgan fingerprint density at radius 3 is 2.27 bits per heavy atom. The second-order valence-electron chi connectivity index (χ2n) is 4.96. The molecule has 15 heavy (non-hydrogen) atoms. The average Bonchev–Trinajstić information content (AvgIpc) is 2.08. The topological polar surface area (TPSA) is 52.7 Å². The molecule has 86 valence electrons.